The number of carbonyl (C=O) groups is 1. The van der Waals surface area contributed by atoms with Gasteiger partial charge < -0.3 is 14.8 Å². The van der Waals surface area contributed by atoms with Gasteiger partial charge in [0.25, 0.3) is 5.91 Å². The lowest BCUT2D eigenvalue weighted by molar-refractivity contribution is -0.112. The first-order valence-corrected chi connectivity index (χ1v) is 13.8. The fourth-order valence-electron chi connectivity index (χ4n) is 4.19. The van der Waals surface area contributed by atoms with E-state index in [1.165, 1.54) is 10.8 Å². The van der Waals surface area contributed by atoms with Gasteiger partial charge in [-0.2, -0.15) is 5.26 Å². The smallest absolute Gasteiger partial charge is 0.266 e. The number of rotatable bonds is 9. The summed E-state index contributed by atoms with van der Waals surface area (Å²) in [4.78, 5) is 12.8. The minimum atomic E-state index is -0.480. The van der Waals surface area contributed by atoms with Crippen molar-refractivity contribution < 1.29 is 14.3 Å². The van der Waals surface area contributed by atoms with E-state index >= 15 is 0 Å². The highest BCUT2D eigenvalue weighted by Crippen LogP contribution is 2.26. The van der Waals surface area contributed by atoms with Gasteiger partial charge in [-0.15, -0.1) is 0 Å². The lowest BCUT2D eigenvalue weighted by Crippen LogP contribution is -2.13. The van der Waals surface area contributed by atoms with E-state index in [9.17, 15) is 10.1 Å². The number of anilines is 1. The zero-order chi connectivity index (χ0) is 27.7. The van der Waals surface area contributed by atoms with Crippen molar-refractivity contribution in [1.29, 1.82) is 5.26 Å². The summed E-state index contributed by atoms with van der Waals surface area (Å²) >= 11 is 2.21. The number of nitriles is 1. The molecule has 0 atom stereocenters. The maximum absolute atomic E-state index is 12.8. The Morgan fingerprint density at radius 3 is 2.35 bits per heavy atom. The van der Waals surface area contributed by atoms with Gasteiger partial charge in [0.2, 0.25) is 0 Å². The van der Waals surface area contributed by atoms with Gasteiger partial charge in [0, 0.05) is 5.69 Å². The van der Waals surface area contributed by atoms with Crippen LogP contribution in [0.25, 0.3) is 16.8 Å². The quantitative estimate of drug-likeness (QED) is 0.101. The number of halogens is 1. The number of hydrogen-bond donors (Lipinski definition) is 1. The summed E-state index contributed by atoms with van der Waals surface area (Å²) in [6.45, 7) is 0.897. The van der Waals surface area contributed by atoms with E-state index in [2.05, 4.69) is 52.2 Å². The molecule has 0 unspecified atom stereocenters. The molecular weight excluding hydrogens is 611 g/mol. The molecule has 5 nitrogen and oxygen atoms in total. The summed E-state index contributed by atoms with van der Waals surface area (Å²) in [7, 11) is 0. The fraction of sp³-hybridized carbons (Fsp3) is 0.0588. The number of hydrogen-bond acceptors (Lipinski definition) is 4. The molecule has 40 heavy (non-hydrogen) atoms. The monoisotopic (exact) mass is 636 g/mol. The molecule has 0 aliphatic heterocycles. The molecule has 0 saturated heterocycles. The van der Waals surface area contributed by atoms with E-state index in [1.807, 2.05) is 72.8 Å². The van der Waals surface area contributed by atoms with E-state index in [0.29, 0.717) is 24.7 Å². The van der Waals surface area contributed by atoms with Crippen molar-refractivity contribution in [2.45, 2.75) is 13.2 Å². The molecule has 0 spiro atoms. The Labute approximate surface area is 246 Å². The van der Waals surface area contributed by atoms with Gasteiger partial charge >= 0.3 is 0 Å². The van der Waals surface area contributed by atoms with Gasteiger partial charge in [-0.3, -0.25) is 4.79 Å². The molecule has 5 aromatic rings. The molecule has 0 aliphatic carbocycles. The van der Waals surface area contributed by atoms with Crippen LogP contribution in [0.1, 0.15) is 16.7 Å². The van der Waals surface area contributed by atoms with Crippen molar-refractivity contribution in [2.24, 2.45) is 0 Å². The minimum absolute atomic E-state index is 0.00429. The van der Waals surface area contributed by atoms with E-state index < -0.39 is 5.91 Å². The van der Waals surface area contributed by atoms with Crippen molar-refractivity contribution in [2.75, 3.05) is 5.32 Å². The molecule has 1 amide bonds. The molecule has 0 bridgehead atoms. The summed E-state index contributed by atoms with van der Waals surface area (Å²) in [5.41, 5.74) is 3.49. The summed E-state index contributed by atoms with van der Waals surface area (Å²) < 4.78 is 12.8. The van der Waals surface area contributed by atoms with Crippen molar-refractivity contribution in [1.82, 2.24) is 0 Å². The third-order valence-electron chi connectivity index (χ3n) is 6.26. The van der Waals surface area contributed by atoms with Crippen LogP contribution in [0.3, 0.4) is 0 Å². The SMILES string of the molecule is N#C/C(=C\c1ccc(OCc2cccc3ccccc23)c(I)c1)C(=O)Nc1ccc(OCc2ccccc2)cc1. The van der Waals surface area contributed by atoms with Crippen LogP contribution in [-0.4, -0.2) is 5.91 Å². The molecule has 196 valence electrons. The van der Waals surface area contributed by atoms with E-state index in [4.69, 9.17) is 9.47 Å². The minimum Gasteiger partial charge on any atom is -0.489 e. The number of nitrogens with zero attached hydrogens (tertiary/aromatic N) is 1. The lowest BCUT2D eigenvalue weighted by atomic mass is 10.1. The van der Waals surface area contributed by atoms with Gasteiger partial charge in [0.15, 0.2) is 0 Å². The predicted molar refractivity (Wildman–Crippen MR) is 167 cm³/mol. The zero-order valence-electron chi connectivity index (χ0n) is 21.5. The van der Waals surface area contributed by atoms with Gasteiger partial charge in [-0.1, -0.05) is 78.9 Å². The molecule has 5 aromatic carbocycles. The normalized spacial score (nSPS) is 11.1. The van der Waals surface area contributed by atoms with E-state index in [1.54, 1.807) is 30.3 Å². The average molecular weight is 636 g/mol. The highest BCUT2D eigenvalue weighted by molar-refractivity contribution is 14.1. The summed E-state index contributed by atoms with van der Waals surface area (Å²) in [6, 6.07) is 39.0. The topological polar surface area (TPSA) is 71.3 Å². The molecule has 0 radical (unpaired) electrons. The van der Waals surface area contributed by atoms with Crippen LogP contribution >= 0.6 is 22.6 Å². The Morgan fingerprint density at radius 2 is 1.57 bits per heavy atom. The van der Waals surface area contributed by atoms with Crippen LogP contribution < -0.4 is 14.8 Å². The second kappa shape index (κ2) is 13.0. The van der Waals surface area contributed by atoms with Gasteiger partial charge in [-0.05, 0) is 92.5 Å². The molecule has 0 saturated carbocycles. The second-order valence-electron chi connectivity index (χ2n) is 9.04. The third-order valence-corrected chi connectivity index (χ3v) is 7.10. The van der Waals surface area contributed by atoms with Crippen LogP contribution in [0.5, 0.6) is 11.5 Å². The van der Waals surface area contributed by atoms with Crippen LogP contribution in [0.15, 0.2) is 121 Å². The van der Waals surface area contributed by atoms with Gasteiger partial charge in [0.1, 0.15) is 36.4 Å². The van der Waals surface area contributed by atoms with Crippen molar-refractivity contribution in [3.05, 3.63) is 141 Å². The molecule has 5 rings (SSSR count). The average Bonchev–Trinajstić information content (AvgIpc) is 2.99. The van der Waals surface area contributed by atoms with Crippen LogP contribution in [-0.2, 0) is 18.0 Å². The number of amides is 1. The lowest BCUT2D eigenvalue weighted by Gasteiger charge is -2.11. The first kappa shape index (κ1) is 27.0. The first-order valence-electron chi connectivity index (χ1n) is 12.7. The van der Waals surface area contributed by atoms with Crippen molar-refractivity contribution in [3.63, 3.8) is 0 Å². The van der Waals surface area contributed by atoms with Crippen molar-refractivity contribution in [3.8, 4) is 17.6 Å². The number of ether oxygens (including phenoxy) is 2. The Morgan fingerprint density at radius 1 is 0.825 bits per heavy atom. The Kier molecular flexibility index (Phi) is 8.74. The number of fused-ring (bicyclic) bond motifs is 1. The zero-order valence-corrected chi connectivity index (χ0v) is 23.7. The highest BCUT2D eigenvalue weighted by atomic mass is 127. The second-order valence-corrected chi connectivity index (χ2v) is 10.2. The molecule has 6 heteroatoms. The Hall–Kier alpha value is -4.61. The first-order chi connectivity index (χ1) is 19.6. The molecule has 0 aliphatic rings. The molecule has 0 fully saturated rings. The summed E-state index contributed by atoms with van der Waals surface area (Å²) in [6.07, 6.45) is 1.57. The molecular formula is C34H25IN2O3. The predicted octanol–water partition coefficient (Wildman–Crippen LogP) is 8.15. The van der Waals surface area contributed by atoms with Crippen LogP contribution in [0.4, 0.5) is 5.69 Å². The fourth-order valence-corrected chi connectivity index (χ4v) is 4.88. The standard InChI is InChI=1S/C34H25IN2O3/c35-32-20-25(13-18-33(32)40-23-27-11-6-10-26-9-4-5-12-31(26)27)19-28(21-36)34(38)37-29-14-16-30(17-15-29)39-22-24-7-2-1-3-8-24/h1-20H,22-23H2,(H,37,38)/b28-19+. The van der Waals surface area contributed by atoms with Crippen LogP contribution in [0.2, 0.25) is 0 Å². The summed E-state index contributed by atoms with van der Waals surface area (Å²) in [5, 5.41) is 14.8. The van der Waals surface area contributed by atoms with Crippen molar-refractivity contribution >= 4 is 51.0 Å². The molecule has 0 aromatic heterocycles. The number of nitrogens with one attached hydrogen (secondary N) is 1. The van der Waals surface area contributed by atoms with E-state index in [-0.39, 0.29) is 5.57 Å². The van der Waals surface area contributed by atoms with Gasteiger partial charge in [-0.25, -0.2) is 0 Å². The Balaban J connectivity index is 1.20. The largest absolute Gasteiger partial charge is 0.489 e. The number of carbonyl (C=O) groups excluding carboxylic acids is 1. The summed E-state index contributed by atoms with van der Waals surface area (Å²) in [5.74, 6) is 0.949. The van der Waals surface area contributed by atoms with Crippen LogP contribution in [0, 0.1) is 14.9 Å². The molecule has 1 N–H and O–H groups in total. The maximum atomic E-state index is 12.8. The third kappa shape index (κ3) is 6.87. The molecule has 0 heterocycles. The van der Waals surface area contributed by atoms with Gasteiger partial charge in [0.05, 0.1) is 3.57 Å². The highest BCUT2D eigenvalue weighted by Gasteiger charge is 2.11. The number of benzene rings is 5. The maximum Gasteiger partial charge on any atom is 0.266 e. The van der Waals surface area contributed by atoms with E-state index in [0.717, 1.165) is 26.0 Å². The Bertz CT molecular complexity index is 1700.